The second-order valence-corrected chi connectivity index (χ2v) is 7.97. The number of carboxylic acid groups (broad SMARTS) is 2. The van der Waals surface area contributed by atoms with Crippen LogP contribution in [0.4, 0.5) is 0 Å². The summed E-state index contributed by atoms with van der Waals surface area (Å²) in [4.78, 5) is 73.4. The minimum atomic E-state index is -1.62. The van der Waals surface area contributed by atoms with E-state index in [2.05, 4.69) is 16.0 Å². The first-order chi connectivity index (χ1) is 16.0. The van der Waals surface area contributed by atoms with Crippen molar-refractivity contribution in [3.63, 3.8) is 0 Å². The fraction of sp³-hybridized carbons (Fsp3) is 0.700. The Hall–Kier alpha value is -3.26. The highest BCUT2D eigenvalue weighted by molar-refractivity contribution is 5.96. The smallest absolute Gasteiger partial charge is 0.326 e. The van der Waals surface area contributed by atoms with Crippen LogP contribution < -0.4 is 21.7 Å². The molecule has 1 aliphatic rings. The van der Waals surface area contributed by atoms with Crippen molar-refractivity contribution in [1.29, 1.82) is 0 Å². The number of carboxylic acids is 2. The predicted molar refractivity (Wildman–Crippen MR) is 116 cm³/mol. The molecule has 4 atom stereocenters. The Kier molecular flexibility index (Phi) is 11.9. The van der Waals surface area contributed by atoms with E-state index in [4.69, 9.17) is 10.8 Å². The SMILES string of the molecule is CC(=O)N[C@H](CO)C(=O)N[C@H](CC(=O)O)C(=O)N[C@@H](CCCCN)C(=O)N1CCC[C@@H]1C(=O)O. The van der Waals surface area contributed by atoms with Gasteiger partial charge >= 0.3 is 11.9 Å². The van der Waals surface area contributed by atoms with Crippen molar-refractivity contribution >= 4 is 35.6 Å². The van der Waals surface area contributed by atoms with Crippen LogP contribution in [0.5, 0.6) is 0 Å². The van der Waals surface area contributed by atoms with Crippen molar-refractivity contribution in [3.05, 3.63) is 0 Å². The molecular formula is C20H33N5O9. The van der Waals surface area contributed by atoms with Gasteiger partial charge in [0.1, 0.15) is 24.2 Å². The van der Waals surface area contributed by atoms with E-state index in [9.17, 15) is 39.0 Å². The molecule has 1 saturated heterocycles. The molecule has 1 fully saturated rings. The molecule has 1 aliphatic heterocycles. The number of hydrogen-bond acceptors (Lipinski definition) is 8. The molecule has 0 spiro atoms. The van der Waals surface area contributed by atoms with E-state index in [0.717, 1.165) is 6.92 Å². The topological polar surface area (TPSA) is 228 Å². The first-order valence-corrected chi connectivity index (χ1v) is 11.0. The number of nitrogens with one attached hydrogen (secondary N) is 3. The highest BCUT2D eigenvalue weighted by atomic mass is 16.4. The van der Waals surface area contributed by atoms with E-state index in [0.29, 0.717) is 25.8 Å². The average Bonchev–Trinajstić information content (AvgIpc) is 3.25. The molecule has 0 saturated carbocycles. The fourth-order valence-electron chi connectivity index (χ4n) is 3.61. The van der Waals surface area contributed by atoms with Gasteiger partial charge in [0, 0.05) is 13.5 Å². The van der Waals surface area contributed by atoms with Crippen molar-refractivity contribution in [2.75, 3.05) is 19.7 Å². The second-order valence-electron chi connectivity index (χ2n) is 7.97. The van der Waals surface area contributed by atoms with Crippen molar-refractivity contribution in [3.8, 4) is 0 Å². The summed E-state index contributed by atoms with van der Waals surface area (Å²) in [5.41, 5.74) is 5.49. The van der Waals surface area contributed by atoms with Crippen LogP contribution in [0.3, 0.4) is 0 Å². The number of rotatable bonds is 14. The third kappa shape index (κ3) is 8.94. The van der Waals surface area contributed by atoms with E-state index in [1.165, 1.54) is 4.90 Å². The summed E-state index contributed by atoms with van der Waals surface area (Å²) in [7, 11) is 0. The Bertz CT molecular complexity index is 776. The number of unbranched alkanes of at least 4 members (excludes halogenated alkanes) is 1. The summed E-state index contributed by atoms with van der Waals surface area (Å²) in [6.07, 6.45) is 1.02. The maximum Gasteiger partial charge on any atom is 0.326 e. The van der Waals surface area contributed by atoms with Gasteiger partial charge in [0.25, 0.3) is 0 Å². The van der Waals surface area contributed by atoms with Crippen molar-refractivity contribution in [2.24, 2.45) is 5.73 Å². The fourth-order valence-corrected chi connectivity index (χ4v) is 3.61. The first kappa shape index (κ1) is 28.8. The van der Waals surface area contributed by atoms with E-state index < -0.39 is 72.8 Å². The maximum absolute atomic E-state index is 13.1. The van der Waals surface area contributed by atoms with Gasteiger partial charge in [-0.2, -0.15) is 0 Å². The first-order valence-electron chi connectivity index (χ1n) is 11.0. The minimum absolute atomic E-state index is 0.128. The highest BCUT2D eigenvalue weighted by Crippen LogP contribution is 2.20. The van der Waals surface area contributed by atoms with Gasteiger partial charge in [-0.05, 0) is 38.6 Å². The number of carbonyl (C=O) groups excluding carboxylic acids is 4. The monoisotopic (exact) mass is 487 g/mol. The van der Waals surface area contributed by atoms with Gasteiger partial charge in [-0.25, -0.2) is 4.79 Å². The van der Waals surface area contributed by atoms with Gasteiger partial charge in [0.05, 0.1) is 13.0 Å². The summed E-state index contributed by atoms with van der Waals surface area (Å²) in [5, 5.41) is 34.6. The number of aliphatic hydroxyl groups excluding tert-OH is 1. The van der Waals surface area contributed by atoms with Gasteiger partial charge in [0.2, 0.25) is 23.6 Å². The van der Waals surface area contributed by atoms with Gasteiger partial charge < -0.3 is 41.9 Å². The van der Waals surface area contributed by atoms with Crippen molar-refractivity contribution < 1.29 is 44.1 Å². The molecular weight excluding hydrogens is 454 g/mol. The molecule has 8 N–H and O–H groups in total. The maximum atomic E-state index is 13.1. The standard InChI is InChI=1S/C20H33N5O9/c1-11(27)22-14(10-26)18(31)24-13(9-16(28)29)17(30)23-12(5-2-3-7-21)19(32)25-8-4-6-15(25)20(33)34/h12-15,26H,2-10,21H2,1H3,(H,22,27)(H,23,30)(H,24,31)(H,28,29)(H,33,34)/t12-,13+,14+,15+/m0/s1. The molecule has 14 heteroatoms. The lowest BCUT2D eigenvalue weighted by atomic mass is 10.1. The number of aliphatic hydroxyl groups is 1. The number of amides is 4. The van der Waals surface area contributed by atoms with Gasteiger partial charge in [-0.1, -0.05) is 0 Å². The quantitative estimate of drug-likeness (QED) is 0.124. The van der Waals surface area contributed by atoms with Crippen LogP contribution >= 0.6 is 0 Å². The molecule has 192 valence electrons. The molecule has 0 aromatic rings. The molecule has 14 nitrogen and oxygen atoms in total. The van der Waals surface area contributed by atoms with Crippen LogP contribution in [0.15, 0.2) is 0 Å². The van der Waals surface area contributed by atoms with Gasteiger partial charge in [0.15, 0.2) is 0 Å². The molecule has 0 radical (unpaired) electrons. The summed E-state index contributed by atoms with van der Waals surface area (Å²) in [6.45, 7) is 0.846. The molecule has 4 amide bonds. The Morgan fingerprint density at radius 2 is 1.59 bits per heavy atom. The minimum Gasteiger partial charge on any atom is -0.481 e. The molecule has 0 aromatic heterocycles. The van der Waals surface area contributed by atoms with E-state index in [1.807, 2.05) is 0 Å². The lowest BCUT2D eigenvalue weighted by Crippen LogP contribution is -2.58. The van der Waals surface area contributed by atoms with Gasteiger partial charge in [-0.15, -0.1) is 0 Å². The zero-order valence-corrected chi connectivity index (χ0v) is 19.0. The van der Waals surface area contributed by atoms with E-state index in [-0.39, 0.29) is 19.4 Å². The van der Waals surface area contributed by atoms with Crippen molar-refractivity contribution in [1.82, 2.24) is 20.9 Å². The second kappa shape index (κ2) is 14.1. The molecule has 34 heavy (non-hydrogen) atoms. The Labute approximate surface area is 196 Å². The number of carbonyl (C=O) groups is 6. The number of hydrogen-bond donors (Lipinski definition) is 7. The summed E-state index contributed by atoms with van der Waals surface area (Å²) in [5.74, 6) is -5.80. The molecule has 0 bridgehead atoms. The van der Waals surface area contributed by atoms with Gasteiger partial charge in [-0.3, -0.25) is 24.0 Å². The zero-order valence-electron chi connectivity index (χ0n) is 19.0. The molecule has 1 rings (SSSR count). The number of nitrogens with two attached hydrogens (primary N) is 1. The van der Waals surface area contributed by atoms with Crippen LogP contribution in [-0.2, 0) is 28.8 Å². The number of likely N-dealkylation sites (tertiary alicyclic amines) is 1. The molecule has 0 aromatic carbocycles. The van der Waals surface area contributed by atoms with Crippen LogP contribution in [0.25, 0.3) is 0 Å². The van der Waals surface area contributed by atoms with E-state index in [1.54, 1.807) is 0 Å². The van der Waals surface area contributed by atoms with E-state index >= 15 is 0 Å². The van der Waals surface area contributed by atoms with Crippen LogP contribution in [0.1, 0.15) is 45.4 Å². The highest BCUT2D eigenvalue weighted by Gasteiger charge is 2.38. The Balaban J connectivity index is 3.03. The summed E-state index contributed by atoms with van der Waals surface area (Å²) < 4.78 is 0. The predicted octanol–water partition coefficient (Wildman–Crippen LogP) is -2.87. The molecule has 0 aliphatic carbocycles. The molecule has 0 unspecified atom stereocenters. The number of aliphatic carboxylic acids is 2. The van der Waals surface area contributed by atoms with Crippen LogP contribution in [0, 0.1) is 0 Å². The zero-order chi connectivity index (χ0) is 25.8. The Morgan fingerprint density at radius 3 is 2.12 bits per heavy atom. The summed E-state index contributed by atoms with van der Waals surface area (Å²) in [6, 6.07) is -5.22. The van der Waals surface area contributed by atoms with Crippen LogP contribution in [-0.4, -0.2) is 99.7 Å². The third-order valence-electron chi connectivity index (χ3n) is 5.27. The normalized spacial score (nSPS) is 17.9. The average molecular weight is 488 g/mol. The largest absolute Gasteiger partial charge is 0.481 e. The van der Waals surface area contributed by atoms with Crippen molar-refractivity contribution in [2.45, 2.75) is 69.6 Å². The molecule has 1 heterocycles. The number of nitrogens with zero attached hydrogens (tertiary/aromatic N) is 1. The van der Waals surface area contributed by atoms with Crippen LogP contribution in [0.2, 0.25) is 0 Å². The lowest BCUT2D eigenvalue weighted by Gasteiger charge is -2.29. The Morgan fingerprint density at radius 1 is 0.971 bits per heavy atom. The third-order valence-corrected chi connectivity index (χ3v) is 5.27. The summed E-state index contributed by atoms with van der Waals surface area (Å²) >= 11 is 0. The lowest BCUT2D eigenvalue weighted by molar-refractivity contribution is -0.149.